The highest BCUT2D eigenvalue weighted by molar-refractivity contribution is 7.16. The van der Waals surface area contributed by atoms with Gasteiger partial charge in [-0.05, 0) is 37.1 Å². The molecule has 1 aromatic heterocycles. The van der Waals surface area contributed by atoms with Crippen LogP contribution in [0.4, 0.5) is 10.8 Å². The van der Waals surface area contributed by atoms with Crippen LogP contribution in [0.25, 0.3) is 11.3 Å². The van der Waals surface area contributed by atoms with Gasteiger partial charge in [0.25, 0.3) is 5.91 Å². The summed E-state index contributed by atoms with van der Waals surface area (Å²) in [6.07, 6.45) is 2.77. The Balaban J connectivity index is 1.50. The van der Waals surface area contributed by atoms with Crippen LogP contribution < -0.4 is 15.0 Å². The molecule has 0 saturated heterocycles. The van der Waals surface area contributed by atoms with E-state index in [2.05, 4.69) is 16.9 Å². The van der Waals surface area contributed by atoms with Crippen molar-refractivity contribution >= 4 is 34.0 Å². The van der Waals surface area contributed by atoms with Crippen LogP contribution >= 0.6 is 11.3 Å². The minimum absolute atomic E-state index is 0.0229. The third-order valence-electron chi connectivity index (χ3n) is 5.01. The fraction of sp³-hybridized carbons (Fsp3) is 0.208. The number of aromatic nitrogens is 1. The number of benzene rings is 2. The van der Waals surface area contributed by atoms with Gasteiger partial charge in [0.05, 0.1) is 11.4 Å². The maximum atomic E-state index is 12.4. The first-order chi connectivity index (χ1) is 15.0. The molecule has 158 valence electrons. The third kappa shape index (κ3) is 4.67. The summed E-state index contributed by atoms with van der Waals surface area (Å²) in [6.45, 7) is 6.14. The zero-order chi connectivity index (χ0) is 21.8. The Bertz CT molecular complexity index is 1120. The number of aryl methyl sites for hydroxylation is 2. The molecule has 4 rings (SSSR count). The van der Waals surface area contributed by atoms with Crippen LogP contribution in [0.2, 0.25) is 0 Å². The zero-order valence-corrected chi connectivity index (χ0v) is 18.1. The number of hydrogen-bond donors (Lipinski definition) is 1. The van der Waals surface area contributed by atoms with Gasteiger partial charge in [0.2, 0.25) is 5.91 Å². The van der Waals surface area contributed by atoms with Crippen LogP contribution in [-0.4, -0.2) is 29.9 Å². The van der Waals surface area contributed by atoms with Crippen molar-refractivity contribution in [1.82, 2.24) is 4.98 Å². The zero-order valence-electron chi connectivity index (χ0n) is 17.3. The monoisotopic (exact) mass is 433 g/mol. The van der Waals surface area contributed by atoms with E-state index in [4.69, 9.17) is 4.74 Å². The molecule has 6 nitrogen and oxygen atoms in total. The lowest BCUT2D eigenvalue weighted by atomic mass is 10.1. The van der Waals surface area contributed by atoms with Crippen molar-refractivity contribution in [3.8, 4) is 17.0 Å². The first kappa shape index (κ1) is 20.8. The summed E-state index contributed by atoms with van der Waals surface area (Å²) in [5, 5.41) is 3.48. The molecule has 1 aliphatic heterocycles. The number of carbonyl (C=O) groups is 2. The lowest BCUT2D eigenvalue weighted by Gasteiger charge is -2.28. The van der Waals surface area contributed by atoms with Crippen molar-refractivity contribution in [2.45, 2.75) is 19.8 Å². The third-order valence-corrected chi connectivity index (χ3v) is 5.90. The number of fused-ring (bicyclic) bond motifs is 1. The predicted octanol–water partition coefficient (Wildman–Crippen LogP) is 4.60. The topological polar surface area (TPSA) is 71.5 Å². The molecule has 2 aromatic carbocycles. The fourth-order valence-corrected chi connectivity index (χ4v) is 4.33. The lowest BCUT2D eigenvalue weighted by molar-refractivity contribution is -0.121. The summed E-state index contributed by atoms with van der Waals surface area (Å²) in [7, 11) is 0. The molecular weight excluding hydrogens is 410 g/mol. The molecule has 31 heavy (non-hydrogen) atoms. The Hall–Kier alpha value is -3.45. The van der Waals surface area contributed by atoms with Gasteiger partial charge in [-0.25, -0.2) is 4.98 Å². The number of thiazole rings is 1. The van der Waals surface area contributed by atoms with Crippen molar-refractivity contribution in [2.24, 2.45) is 0 Å². The van der Waals surface area contributed by atoms with Gasteiger partial charge in [-0.3, -0.25) is 9.59 Å². The largest absolute Gasteiger partial charge is 0.482 e. The molecule has 1 N–H and O–H groups in total. The minimum atomic E-state index is -0.106. The summed E-state index contributed by atoms with van der Waals surface area (Å²) in [5.41, 5.74) is 3.48. The number of nitrogens with zero attached hydrogens (tertiary/aromatic N) is 2. The molecule has 0 spiro atoms. The Kier molecular flexibility index (Phi) is 6.13. The van der Waals surface area contributed by atoms with E-state index < -0.39 is 0 Å². The number of carbonyl (C=O) groups excluding carboxylic acids is 2. The van der Waals surface area contributed by atoms with E-state index >= 15 is 0 Å². The second kappa shape index (κ2) is 9.14. The number of hydrogen-bond acceptors (Lipinski definition) is 5. The quantitative estimate of drug-likeness (QED) is 0.553. The molecule has 0 aliphatic carbocycles. The van der Waals surface area contributed by atoms with E-state index in [0.29, 0.717) is 36.0 Å². The van der Waals surface area contributed by atoms with Crippen molar-refractivity contribution in [3.63, 3.8) is 0 Å². The average molecular weight is 434 g/mol. The molecule has 2 amide bonds. The smallest absolute Gasteiger partial charge is 0.265 e. The molecular formula is C24H23N3O3S. The summed E-state index contributed by atoms with van der Waals surface area (Å²) >= 11 is 1.44. The molecule has 0 saturated carbocycles. The van der Waals surface area contributed by atoms with Crippen LogP contribution in [-0.2, 0) is 16.0 Å². The first-order valence-corrected chi connectivity index (χ1v) is 10.9. The summed E-state index contributed by atoms with van der Waals surface area (Å²) in [4.78, 5) is 31.9. The van der Waals surface area contributed by atoms with Crippen molar-refractivity contribution in [1.29, 1.82) is 0 Å². The Morgan fingerprint density at radius 1 is 1.29 bits per heavy atom. The van der Waals surface area contributed by atoms with Crippen LogP contribution in [0, 0.1) is 6.92 Å². The molecule has 1 aliphatic rings. The van der Waals surface area contributed by atoms with Gasteiger partial charge in [-0.1, -0.05) is 36.4 Å². The number of rotatable bonds is 7. The number of nitrogens with one attached hydrogen (secondary N) is 1. The van der Waals surface area contributed by atoms with Crippen LogP contribution in [0.15, 0.2) is 61.2 Å². The van der Waals surface area contributed by atoms with Crippen LogP contribution in [0.3, 0.4) is 0 Å². The van der Waals surface area contributed by atoms with Crippen LogP contribution in [0.1, 0.15) is 16.9 Å². The van der Waals surface area contributed by atoms with Gasteiger partial charge in [-0.2, -0.15) is 0 Å². The molecule has 0 atom stereocenters. The molecule has 0 fully saturated rings. The molecule has 2 heterocycles. The molecule has 3 aromatic rings. The van der Waals surface area contributed by atoms with E-state index in [-0.39, 0.29) is 18.4 Å². The van der Waals surface area contributed by atoms with Gasteiger partial charge in [0.1, 0.15) is 5.75 Å². The Labute approximate surface area is 185 Å². The predicted molar refractivity (Wildman–Crippen MR) is 124 cm³/mol. The molecule has 7 heteroatoms. The van der Waals surface area contributed by atoms with Crippen molar-refractivity contribution < 1.29 is 14.3 Å². The summed E-state index contributed by atoms with van der Waals surface area (Å²) in [6, 6.07) is 15.6. The van der Waals surface area contributed by atoms with E-state index in [1.54, 1.807) is 11.0 Å². The lowest BCUT2D eigenvalue weighted by Crippen LogP contribution is -2.38. The molecule has 0 bridgehead atoms. The summed E-state index contributed by atoms with van der Waals surface area (Å²) in [5.74, 6) is 0.490. The van der Waals surface area contributed by atoms with Gasteiger partial charge in [0.15, 0.2) is 11.7 Å². The van der Waals surface area contributed by atoms with Gasteiger partial charge >= 0.3 is 0 Å². The fourth-order valence-electron chi connectivity index (χ4n) is 3.48. The molecule has 0 radical (unpaired) electrons. The van der Waals surface area contributed by atoms with Gasteiger partial charge < -0.3 is 15.0 Å². The summed E-state index contributed by atoms with van der Waals surface area (Å²) < 4.78 is 5.55. The second-order valence-electron chi connectivity index (χ2n) is 7.22. The maximum absolute atomic E-state index is 12.4. The highest BCUT2D eigenvalue weighted by Crippen LogP contribution is 2.38. The highest BCUT2D eigenvalue weighted by Gasteiger charge is 2.25. The molecule has 0 unspecified atom stereocenters. The van der Waals surface area contributed by atoms with E-state index in [1.165, 1.54) is 11.3 Å². The van der Waals surface area contributed by atoms with E-state index in [9.17, 15) is 9.59 Å². The van der Waals surface area contributed by atoms with Crippen molar-refractivity contribution in [3.05, 3.63) is 71.6 Å². The second-order valence-corrected chi connectivity index (χ2v) is 8.42. The number of anilines is 2. The Morgan fingerprint density at radius 3 is 2.87 bits per heavy atom. The first-order valence-electron chi connectivity index (χ1n) is 10.0. The van der Waals surface area contributed by atoms with Gasteiger partial charge in [0, 0.05) is 23.4 Å². The van der Waals surface area contributed by atoms with Crippen LogP contribution in [0.5, 0.6) is 5.75 Å². The normalized spacial score (nSPS) is 12.8. The highest BCUT2D eigenvalue weighted by atomic mass is 32.1. The van der Waals surface area contributed by atoms with E-state index in [1.807, 2.05) is 55.5 Å². The Morgan fingerprint density at radius 2 is 2.10 bits per heavy atom. The number of amides is 2. The minimum Gasteiger partial charge on any atom is -0.482 e. The average Bonchev–Trinajstić information content (AvgIpc) is 3.14. The number of ether oxygens (including phenoxy) is 1. The standard InChI is InChI=1S/C24H23N3O3S/c1-3-13-27-19-14-18(10-11-20(19)30-15-22(27)29)23-16(2)31-24(26-23)25-21(28)12-9-17-7-5-4-6-8-17/h3-8,10-11,14H,1,9,12-13,15H2,2H3,(H,25,26,28). The SMILES string of the molecule is C=CCN1C(=O)COc2ccc(-c3nc(NC(=O)CCc4ccccc4)sc3C)cc21. The van der Waals surface area contributed by atoms with Crippen molar-refractivity contribution in [2.75, 3.05) is 23.4 Å². The van der Waals surface area contributed by atoms with E-state index in [0.717, 1.165) is 21.7 Å². The van der Waals surface area contributed by atoms with Gasteiger partial charge in [-0.15, -0.1) is 17.9 Å². The maximum Gasteiger partial charge on any atom is 0.265 e.